The van der Waals surface area contributed by atoms with E-state index in [1.807, 2.05) is 32.9 Å². The third kappa shape index (κ3) is 2.97. The number of carbonyl (C=O) groups is 1. The lowest BCUT2D eigenvalue weighted by Gasteiger charge is -2.19. The summed E-state index contributed by atoms with van der Waals surface area (Å²) in [6.07, 6.45) is 3.32. The first-order chi connectivity index (χ1) is 8.46. The summed E-state index contributed by atoms with van der Waals surface area (Å²) >= 11 is 0. The molecule has 1 aromatic carbocycles. The Morgan fingerprint density at radius 3 is 2.72 bits per heavy atom. The Morgan fingerprint density at radius 2 is 2.11 bits per heavy atom. The van der Waals surface area contributed by atoms with Crippen LogP contribution in [-0.2, 0) is 4.74 Å². The third-order valence-electron chi connectivity index (χ3n) is 2.31. The zero-order valence-electron chi connectivity index (χ0n) is 10.7. The topological polar surface area (TPSA) is 55.0 Å². The minimum absolute atomic E-state index is 0.316. The van der Waals surface area contributed by atoms with E-state index in [1.54, 1.807) is 24.7 Å². The molecule has 0 bridgehead atoms. The van der Waals surface area contributed by atoms with Gasteiger partial charge in [-0.3, -0.25) is 0 Å². The molecule has 0 atom stereocenters. The van der Waals surface area contributed by atoms with Crippen LogP contribution in [0.5, 0.6) is 0 Å². The molecule has 0 radical (unpaired) electrons. The molecule has 0 aliphatic rings. The molecular weight excluding hydrogens is 228 g/mol. The molecule has 1 heterocycles. The lowest BCUT2D eigenvalue weighted by molar-refractivity contribution is 0.00696. The van der Waals surface area contributed by atoms with Gasteiger partial charge in [0.1, 0.15) is 5.60 Å². The van der Waals surface area contributed by atoms with Crippen molar-refractivity contribution in [2.45, 2.75) is 26.4 Å². The Morgan fingerprint density at radius 1 is 1.33 bits per heavy atom. The fourth-order valence-electron chi connectivity index (χ4n) is 1.56. The van der Waals surface area contributed by atoms with E-state index in [4.69, 9.17) is 4.74 Å². The van der Waals surface area contributed by atoms with Gasteiger partial charge < -0.3 is 9.72 Å². The first-order valence-corrected chi connectivity index (χ1v) is 5.78. The number of rotatable bonds is 2. The summed E-state index contributed by atoms with van der Waals surface area (Å²) in [5.74, 6) is -0.316. The Labute approximate surface area is 106 Å². The van der Waals surface area contributed by atoms with Gasteiger partial charge in [0.25, 0.3) is 0 Å². The summed E-state index contributed by atoms with van der Waals surface area (Å²) in [7, 11) is 0. The molecule has 0 amide bonds. The number of carbonyl (C=O) groups excluding carboxylic acids is 1. The number of aromatic nitrogens is 2. The number of benzene rings is 1. The Bertz CT molecular complexity index is 539. The van der Waals surface area contributed by atoms with Crippen molar-refractivity contribution in [1.82, 2.24) is 9.97 Å². The van der Waals surface area contributed by atoms with Crippen molar-refractivity contribution in [3.05, 3.63) is 42.4 Å². The van der Waals surface area contributed by atoms with Crippen molar-refractivity contribution < 1.29 is 9.53 Å². The van der Waals surface area contributed by atoms with Crippen LogP contribution in [-0.4, -0.2) is 21.5 Å². The normalized spacial score (nSPS) is 11.3. The Hall–Kier alpha value is -2.10. The zero-order chi connectivity index (χ0) is 13.2. The average Bonchev–Trinajstić information content (AvgIpc) is 2.80. The molecule has 4 heteroatoms. The van der Waals surface area contributed by atoms with Gasteiger partial charge in [-0.25, -0.2) is 9.78 Å². The highest BCUT2D eigenvalue weighted by Crippen LogP contribution is 2.19. The fraction of sp³-hybridized carbons (Fsp3) is 0.286. The van der Waals surface area contributed by atoms with Crippen LogP contribution in [0.4, 0.5) is 0 Å². The van der Waals surface area contributed by atoms with E-state index in [2.05, 4.69) is 9.97 Å². The van der Waals surface area contributed by atoms with Gasteiger partial charge in [0, 0.05) is 5.56 Å². The maximum absolute atomic E-state index is 11.9. The second-order valence-corrected chi connectivity index (χ2v) is 5.05. The Kier molecular flexibility index (Phi) is 3.19. The van der Waals surface area contributed by atoms with Gasteiger partial charge >= 0.3 is 5.97 Å². The van der Waals surface area contributed by atoms with Crippen molar-refractivity contribution in [3.8, 4) is 11.3 Å². The molecule has 2 aromatic rings. The molecule has 1 N–H and O–H groups in total. The Balaban J connectivity index is 2.25. The number of nitrogens with one attached hydrogen (secondary N) is 1. The van der Waals surface area contributed by atoms with Crippen LogP contribution in [0, 0.1) is 0 Å². The van der Waals surface area contributed by atoms with E-state index in [-0.39, 0.29) is 5.97 Å². The van der Waals surface area contributed by atoms with Crippen LogP contribution >= 0.6 is 0 Å². The summed E-state index contributed by atoms with van der Waals surface area (Å²) in [5.41, 5.74) is 1.84. The summed E-state index contributed by atoms with van der Waals surface area (Å²) in [6, 6.07) is 7.28. The van der Waals surface area contributed by atoms with Gasteiger partial charge in [0.2, 0.25) is 0 Å². The number of aromatic amines is 1. The SMILES string of the molecule is CC(C)(C)OC(=O)c1cccc(-c2cnc[nH]2)c1. The molecule has 0 spiro atoms. The molecule has 0 fully saturated rings. The van der Waals surface area contributed by atoms with Crippen LogP contribution in [0.25, 0.3) is 11.3 Å². The molecule has 0 saturated carbocycles. The maximum Gasteiger partial charge on any atom is 0.338 e. The van der Waals surface area contributed by atoms with Gasteiger partial charge in [0.05, 0.1) is 23.8 Å². The molecule has 2 rings (SSSR count). The monoisotopic (exact) mass is 244 g/mol. The van der Waals surface area contributed by atoms with Crippen molar-refractivity contribution >= 4 is 5.97 Å². The summed E-state index contributed by atoms with van der Waals surface area (Å²) < 4.78 is 5.33. The highest BCUT2D eigenvalue weighted by Gasteiger charge is 2.18. The fourth-order valence-corrected chi connectivity index (χ4v) is 1.56. The predicted molar refractivity (Wildman–Crippen MR) is 69.2 cm³/mol. The molecule has 18 heavy (non-hydrogen) atoms. The average molecular weight is 244 g/mol. The molecular formula is C14H16N2O2. The van der Waals surface area contributed by atoms with Crippen molar-refractivity contribution in [3.63, 3.8) is 0 Å². The number of nitrogens with zero attached hydrogens (tertiary/aromatic N) is 1. The van der Waals surface area contributed by atoms with Gasteiger partial charge in [-0.1, -0.05) is 12.1 Å². The molecule has 0 aliphatic heterocycles. The van der Waals surface area contributed by atoms with Gasteiger partial charge in [-0.2, -0.15) is 0 Å². The number of ether oxygens (including phenoxy) is 1. The van der Waals surface area contributed by atoms with E-state index in [9.17, 15) is 4.79 Å². The van der Waals surface area contributed by atoms with Crippen molar-refractivity contribution in [1.29, 1.82) is 0 Å². The molecule has 94 valence electrons. The standard InChI is InChI=1S/C14H16N2O2/c1-14(2,3)18-13(17)11-6-4-5-10(7-11)12-8-15-9-16-12/h4-9H,1-3H3,(H,15,16). The number of imidazole rings is 1. The van der Waals surface area contributed by atoms with Crippen LogP contribution in [0.1, 0.15) is 31.1 Å². The molecule has 0 aliphatic carbocycles. The molecule has 1 aromatic heterocycles. The van der Waals surface area contributed by atoms with Crippen LogP contribution in [0.2, 0.25) is 0 Å². The van der Waals surface area contributed by atoms with Crippen molar-refractivity contribution in [2.75, 3.05) is 0 Å². The quantitative estimate of drug-likeness (QED) is 0.826. The minimum atomic E-state index is -0.485. The molecule has 0 unspecified atom stereocenters. The number of hydrogen-bond donors (Lipinski definition) is 1. The second kappa shape index (κ2) is 4.64. The summed E-state index contributed by atoms with van der Waals surface area (Å²) in [6.45, 7) is 5.55. The number of H-pyrrole nitrogens is 1. The minimum Gasteiger partial charge on any atom is -0.456 e. The zero-order valence-corrected chi connectivity index (χ0v) is 10.7. The van der Waals surface area contributed by atoms with Gasteiger partial charge in [0.15, 0.2) is 0 Å². The second-order valence-electron chi connectivity index (χ2n) is 5.05. The van der Waals surface area contributed by atoms with Gasteiger partial charge in [-0.15, -0.1) is 0 Å². The molecule has 4 nitrogen and oxygen atoms in total. The third-order valence-corrected chi connectivity index (χ3v) is 2.31. The predicted octanol–water partition coefficient (Wildman–Crippen LogP) is 3.03. The van der Waals surface area contributed by atoms with Gasteiger partial charge in [-0.05, 0) is 32.9 Å². The molecule has 0 saturated heterocycles. The highest BCUT2D eigenvalue weighted by molar-refractivity contribution is 5.91. The van der Waals surface area contributed by atoms with E-state index in [0.717, 1.165) is 11.3 Å². The lowest BCUT2D eigenvalue weighted by atomic mass is 10.1. The smallest absolute Gasteiger partial charge is 0.338 e. The van der Waals surface area contributed by atoms with Crippen molar-refractivity contribution in [2.24, 2.45) is 0 Å². The summed E-state index contributed by atoms with van der Waals surface area (Å²) in [4.78, 5) is 18.9. The van der Waals surface area contributed by atoms with Crippen LogP contribution in [0.15, 0.2) is 36.8 Å². The van der Waals surface area contributed by atoms with E-state index >= 15 is 0 Å². The maximum atomic E-state index is 11.9. The lowest BCUT2D eigenvalue weighted by Crippen LogP contribution is -2.23. The summed E-state index contributed by atoms with van der Waals surface area (Å²) in [5, 5.41) is 0. The van der Waals surface area contributed by atoms with E-state index in [1.165, 1.54) is 0 Å². The number of hydrogen-bond acceptors (Lipinski definition) is 3. The number of esters is 1. The van der Waals surface area contributed by atoms with E-state index in [0.29, 0.717) is 5.56 Å². The highest BCUT2D eigenvalue weighted by atomic mass is 16.6. The first-order valence-electron chi connectivity index (χ1n) is 5.78. The van der Waals surface area contributed by atoms with E-state index < -0.39 is 5.60 Å². The van der Waals surface area contributed by atoms with Crippen LogP contribution < -0.4 is 0 Å². The first kappa shape index (κ1) is 12.4. The largest absolute Gasteiger partial charge is 0.456 e. The van der Waals surface area contributed by atoms with Crippen LogP contribution in [0.3, 0.4) is 0 Å².